The number of H-pyrrole nitrogens is 1. The summed E-state index contributed by atoms with van der Waals surface area (Å²) in [6, 6.07) is 7.34. The topological polar surface area (TPSA) is 82.3 Å². The van der Waals surface area contributed by atoms with Gasteiger partial charge in [0.05, 0.1) is 0 Å². The van der Waals surface area contributed by atoms with E-state index in [1.54, 1.807) is 0 Å². The van der Waals surface area contributed by atoms with Gasteiger partial charge in [-0.15, -0.1) is 0 Å². The average molecular weight is 301 g/mol. The fraction of sp³-hybridized carbons (Fsp3) is 0.471. The Balaban J connectivity index is 1.99. The molecular formula is C17H23N3O2. The number of benzene rings is 1. The van der Waals surface area contributed by atoms with Gasteiger partial charge in [-0.3, -0.25) is 9.69 Å². The molecule has 1 aromatic carbocycles. The average Bonchev–Trinajstić information content (AvgIpc) is 2.53. The number of fused-ring (bicyclic) bond motifs is 3. The number of nitrogens with two attached hydrogens (primary N) is 1. The van der Waals surface area contributed by atoms with Crippen LogP contribution in [0.2, 0.25) is 0 Å². The molecule has 4 N–H and O–H groups in total. The molecule has 118 valence electrons. The monoisotopic (exact) mass is 301 g/mol. The van der Waals surface area contributed by atoms with Crippen molar-refractivity contribution in [1.82, 2.24) is 9.88 Å². The van der Waals surface area contributed by atoms with E-state index in [2.05, 4.69) is 4.98 Å². The molecule has 0 aliphatic carbocycles. The molecule has 5 nitrogen and oxygen atoms in total. The van der Waals surface area contributed by atoms with Crippen LogP contribution in [0, 0.1) is 5.92 Å². The van der Waals surface area contributed by atoms with E-state index in [9.17, 15) is 9.90 Å². The Kier molecular flexibility index (Phi) is 4.04. The van der Waals surface area contributed by atoms with Crippen LogP contribution in [0.25, 0.3) is 10.8 Å². The molecular weight excluding hydrogens is 278 g/mol. The molecule has 3 rings (SSSR count). The van der Waals surface area contributed by atoms with Gasteiger partial charge in [-0.05, 0) is 22.9 Å². The lowest BCUT2D eigenvalue weighted by Crippen LogP contribution is -2.51. The third-order valence-electron chi connectivity index (χ3n) is 4.62. The number of hydrogen-bond acceptors (Lipinski definition) is 4. The van der Waals surface area contributed by atoms with Crippen molar-refractivity contribution in [3.05, 3.63) is 45.9 Å². The number of nitrogens with one attached hydrogen (secondary N) is 1. The fourth-order valence-corrected chi connectivity index (χ4v) is 3.13. The van der Waals surface area contributed by atoms with Crippen LogP contribution in [0.1, 0.15) is 25.1 Å². The van der Waals surface area contributed by atoms with E-state index < -0.39 is 6.23 Å². The summed E-state index contributed by atoms with van der Waals surface area (Å²) >= 11 is 0. The normalized spacial score (nSPS) is 18.4. The number of pyridine rings is 1. The van der Waals surface area contributed by atoms with Gasteiger partial charge in [0, 0.05) is 36.6 Å². The molecule has 0 radical (unpaired) electrons. The third kappa shape index (κ3) is 2.56. The Morgan fingerprint density at radius 3 is 2.64 bits per heavy atom. The van der Waals surface area contributed by atoms with Crippen molar-refractivity contribution in [3.63, 3.8) is 0 Å². The molecule has 1 aromatic heterocycles. The highest BCUT2D eigenvalue weighted by atomic mass is 16.3. The van der Waals surface area contributed by atoms with Gasteiger partial charge in [0.15, 0.2) is 0 Å². The maximum atomic E-state index is 12.1. The Labute approximate surface area is 129 Å². The van der Waals surface area contributed by atoms with Crippen LogP contribution >= 0.6 is 0 Å². The molecule has 2 atom stereocenters. The summed E-state index contributed by atoms with van der Waals surface area (Å²) in [5.74, 6) is 0.212. The second-order valence-corrected chi connectivity index (χ2v) is 6.41. The molecule has 0 saturated heterocycles. The zero-order valence-corrected chi connectivity index (χ0v) is 13.0. The fourth-order valence-electron chi connectivity index (χ4n) is 3.13. The van der Waals surface area contributed by atoms with Gasteiger partial charge in [-0.1, -0.05) is 32.0 Å². The summed E-state index contributed by atoms with van der Waals surface area (Å²) in [5, 5.41) is 12.2. The molecule has 22 heavy (non-hydrogen) atoms. The lowest BCUT2D eigenvalue weighted by atomic mass is 9.96. The van der Waals surface area contributed by atoms with Gasteiger partial charge < -0.3 is 15.8 Å². The smallest absolute Gasteiger partial charge is 0.256 e. The van der Waals surface area contributed by atoms with E-state index in [0.29, 0.717) is 18.5 Å². The van der Waals surface area contributed by atoms with E-state index >= 15 is 0 Å². The maximum Gasteiger partial charge on any atom is 0.256 e. The van der Waals surface area contributed by atoms with E-state index in [1.807, 2.05) is 43.0 Å². The predicted octanol–water partition coefficient (Wildman–Crippen LogP) is 1.19. The highest BCUT2D eigenvalue weighted by Gasteiger charge is 2.29. The molecule has 2 heterocycles. The minimum Gasteiger partial charge on any atom is -0.377 e. The van der Waals surface area contributed by atoms with Crippen LogP contribution in [0.15, 0.2) is 29.1 Å². The van der Waals surface area contributed by atoms with Crippen LogP contribution in [-0.2, 0) is 13.0 Å². The Bertz CT molecular complexity index is 738. The van der Waals surface area contributed by atoms with Crippen molar-refractivity contribution >= 4 is 10.8 Å². The molecule has 0 fully saturated rings. The van der Waals surface area contributed by atoms with Crippen LogP contribution in [-0.4, -0.2) is 33.8 Å². The quantitative estimate of drug-likeness (QED) is 0.795. The lowest BCUT2D eigenvalue weighted by molar-refractivity contribution is -0.0335. The molecule has 0 spiro atoms. The molecule has 0 bridgehead atoms. The number of aromatic amines is 1. The molecule has 0 amide bonds. The maximum absolute atomic E-state index is 12.1. The first kappa shape index (κ1) is 15.2. The zero-order valence-electron chi connectivity index (χ0n) is 13.0. The lowest BCUT2D eigenvalue weighted by Gasteiger charge is -2.36. The number of hydrogen-bond donors (Lipinski definition) is 3. The van der Waals surface area contributed by atoms with Crippen molar-refractivity contribution < 1.29 is 5.11 Å². The van der Waals surface area contributed by atoms with Gasteiger partial charge >= 0.3 is 0 Å². The number of rotatable bonds is 3. The largest absolute Gasteiger partial charge is 0.377 e. The highest BCUT2D eigenvalue weighted by molar-refractivity contribution is 5.85. The van der Waals surface area contributed by atoms with Crippen LogP contribution in [0.3, 0.4) is 0 Å². The molecule has 1 unspecified atom stereocenters. The zero-order chi connectivity index (χ0) is 15.9. The van der Waals surface area contributed by atoms with Gasteiger partial charge in [0.1, 0.15) is 6.23 Å². The number of aromatic nitrogens is 1. The van der Waals surface area contributed by atoms with Gasteiger partial charge in [0.25, 0.3) is 5.56 Å². The van der Waals surface area contributed by atoms with Gasteiger partial charge in [-0.25, -0.2) is 0 Å². The van der Waals surface area contributed by atoms with Crippen molar-refractivity contribution in [2.75, 3.05) is 6.54 Å². The minimum absolute atomic E-state index is 0.0396. The number of aliphatic hydroxyl groups is 1. The van der Waals surface area contributed by atoms with Crippen molar-refractivity contribution in [2.45, 2.75) is 39.1 Å². The molecule has 2 aromatic rings. The Morgan fingerprint density at radius 1 is 1.27 bits per heavy atom. The molecule has 1 aliphatic heterocycles. The predicted molar refractivity (Wildman–Crippen MR) is 87.5 cm³/mol. The van der Waals surface area contributed by atoms with E-state index in [4.69, 9.17) is 5.73 Å². The summed E-state index contributed by atoms with van der Waals surface area (Å²) in [5.41, 5.74) is 8.13. The van der Waals surface area contributed by atoms with Gasteiger partial charge in [-0.2, -0.15) is 0 Å². The van der Waals surface area contributed by atoms with Crippen LogP contribution in [0.4, 0.5) is 0 Å². The third-order valence-corrected chi connectivity index (χ3v) is 4.62. The summed E-state index contributed by atoms with van der Waals surface area (Å²) in [6.45, 7) is 5.33. The molecule has 5 heteroatoms. The number of aliphatic hydroxyl groups excluding tert-OH is 1. The summed E-state index contributed by atoms with van der Waals surface area (Å²) < 4.78 is 0. The highest BCUT2D eigenvalue weighted by Crippen LogP contribution is 2.25. The Hall–Kier alpha value is -1.69. The minimum atomic E-state index is -0.668. The standard InChI is InChI=1S/C17H23N3O2/c1-10(2)15(18)17(22)20-8-7-14-13(9-20)11-5-3-4-6-12(11)16(21)19-14/h3-6,10,15,17,22H,7-9,18H2,1-2H3,(H,19,21)/t15-,17?/m1/s1. The van der Waals surface area contributed by atoms with Crippen LogP contribution < -0.4 is 11.3 Å². The second kappa shape index (κ2) is 5.83. The van der Waals surface area contributed by atoms with Crippen molar-refractivity contribution in [1.29, 1.82) is 0 Å². The van der Waals surface area contributed by atoms with E-state index in [1.165, 1.54) is 0 Å². The SMILES string of the molecule is CC(C)[C@@H](N)C(O)N1CCc2[nH]c(=O)c3ccccc3c2C1. The summed E-state index contributed by atoms with van der Waals surface area (Å²) in [7, 11) is 0. The number of nitrogens with zero attached hydrogens (tertiary/aromatic N) is 1. The van der Waals surface area contributed by atoms with E-state index in [-0.39, 0.29) is 17.5 Å². The van der Waals surface area contributed by atoms with Crippen molar-refractivity contribution in [2.24, 2.45) is 11.7 Å². The summed E-state index contributed by atoms with van der Waals surface area (Å²) in [6.07, 6.45) is 0.0518. The Morgan fingerprint density at radius 2 is 1.95 bits per heavy atom. The first-order chi connectivity index (χ1) is 10.5. The summed E-state index contributed by atoms with van der Waals surface area (Å²) in [4.78, 5) is 17.1. The van der Waals surface area contributed by atoms with E-state index in [0.717, 1.165) is 23.1 Å². The first-order valence-electron chi connectivity index (χ1n) is 7.79. The van der Waals surface area contributed by atoms with Gasteiger partial charge in [0.2, 0.25) is 0 Å². The van der Waals surface area contributed by atoms with Crippen LogP contribution in [0.5, 0.6) is 0 Å². The van der Waals surface area contributed by atoms with Crippen molar-refractivity contribution in [3.8, 4) is 0 Å². The molecule has 1 aliphatic rings. The molecule has 0 saturated carbocycles. The first-order valence-corrected chi connectivity index (χ1v) is 7.79. The second-order valence-electron chi connectivity index (χ2n) is 6.41.